The molecule has 90 valence electrons. The van der Waals surface area contributed by atoms with E-state index in [1.165, 1.54) is 6.39 Å². The molecule has 2 aromatic rings. The maximum atomic E-state index is 11.1. The number of nitrogens with one attached hydrogen (secondary N) is 2. The fourth-order valence-electron chi connectivity index (χ4n) is 1.43. The Balaban J connectivity index is 1.88. The van der Waals surface area contributed by atoms with Crippen LogP contribution in [0.25, 0.3) is 11.1 Å². The van der Waals surface area contributed by atoms with Gasteiger partial charge in [-0.2, -0.15) is 0 Å². The Labute approximate surface area is 97.9 Å². The number of ether oxygens (including phenoxy) is 1. The third-order valence-electron chi connectivity index (χ3n) is 2.16. The number of benzene rings is 1. The first-order valence-corrected chi connectivity index (χ1v) is 5.15. The van der Waals surface area contributed by atoms with Crippen LogP contribution < -0.4 is 10.9 Å². The molecule has 6 nitrogen and oxygen atoms in total. The summed E-state index contributed by atoms with van der Waals surface area (Å²) in [5, 5.41) is 0. The number of hydrazine groups is 1. The minimum atomic E-state index is -0.215. The Hall–Kier alpha value is -1.92. The summed E-state index contributed by atoms with van der Waals surface area (Å²) in [6.07, 6.45) is 1.40. The van der Waals surface area contributed by atoms with Crippen LogP contribution in [-0.4, -0.2) is 24.5 Å². The third kappa shape index (κ3) is 3.02. The van der Waals surface area contributed by atoms with E-state index >= 15 is 0 Å². The summed E-state index contributed by atoms with van der Waals surface area (Å²) >= 11 is 0. The van der Waals surface area contributed by atoms with Crippen LogP contribution in [0.4, 0.5) is 0 Å². The fourth-order valence-corrected chi connectivity index (χ4v) is 1.43. The second-order valence-electron chi connectivity index (χ2n) is 3.45. The minimum absolute atomic E-state index is 0.00921. The van der Waals surface area contributed by atoms with Crippen LogP contribution in [-0.2, 0) is 16.1 Å². The first-order chi connectivity index (χ1) is 8.29. The quantitative estimate of drug-likeness (QED) is 0.742. The smallest absolute Gasteiger partial charge is 0.260 e. The van der Waals surface area contributed by atoms with Gasteiger partial charge in [-0.15, -0.1) is 0 Å². The third-order valence-corrected chi connectivity index (χ3v) is 2.16. The topological polar surface area (TPSA) is 76.4 Å². The van der Waals surface area contributed by atoms with Crippen molar-refractivity contribution < 1.29 is 13.9 Å². The van der Waals surface area contributed by atoms with Crippen LogP contribution in [0, 0.1) is 0 Å². The molecule has 0 atom stereocenters. The van der Waals surface area contributed by atoms with E-state index in [1.54, 1.807) is 7.05 Å². The first-order valence-electron chi connectivity index (χ1n) is 5.15. The van der Waals surface area contributed by atoms with Gasteiger partial charge in [0, 0.05) is 7.05 Å². The highest BCUT2D eigenvalue weighted by molar-refractivity contribution is 5.76. The van der Waals surface area contributed by atoms with E-state index in [4.69, 9.17) is 9.15 Å². The van der Waals surface area contributed by atoms with Crippen molar-refractivity contribution in [3.05, 3.63) is 30.2 Å². The number of fused-ring (bicyclic) bond motifs is 1. The number of hydrogen-bond acceptors (Lipinski definition) is 5. The Morgan fingerprint density at radius 1 is 1.53 bits per heavy atom. The molecule has 0 aliphatic carbocycles. The largest absolute Gasteiger partial charge is 0.443 e. The molecule has 0 radical (unpaired) electrons. The number of hydrogen-bond donors (Lipinski definition) is 2. The van der Waals surface area contributed by atoms with E-state index in [0.717, 1.165) is 11.1 Å². The van der Waals surface area contributed by atoms with Crippen LogP contribution in [0.15, 0.2) is 29.0 Å². The summed E-state index contributed by atoms with van der Waals surface area (Å²) in [5.74, 6) is -0.215. The summed E-state index contributed by atoms with van der Waals surface area (Å²) in [6, 6.07) is 5.59. The average molecular weight is 235 g/mol. The molecule has 1 aromatic carbocycles. The van der Waals surface area contributed by atoms with Gasteiger partial charge in [0.15, 0.2) is 12.0 Å². The van der Waals surface area contributed by atoms with E-state index in [0.29, 0.717) is 12.2 Å². The maximum absolute atomic E-state index is 11.1. The number of aromatic nitrogens is 1. The van der Waals surface area contributed by atoms with Gasteiger partial charge in [0.2, 0.25) is 0 Å². The highest BCUT2D eigenvalue weighted by Gasteiger charge is 2.02. The molecule has 0 fully saturated rings. The van der Waals surface area contributed by atoms with Gasteiger partial charge in [-0.1, -0.05) is 6.07 Å². The molecule has 1 heterocycles. The monoisotopic (exact) mass is 235 g/mol. The minimum Gasteiger partial charge on any atom is -0.443 e. The Bertz CT molecular complexity index is 509. The van der Waals surface area contributed by atoms with Gasteiger partial charge in [0.25, 0.3) is 5.91 Å². The SMILES string of the molecule is CNNC(=O)COCc1ccc2ncoc2c1. The number of nitrogens with zero attached hydrogens (tertiary/aromatic N) is 1. The van der Waals surface area contributed by atoms with Gasteiger partial charge < -0.3 is 9.15 Å². The number of oxazole rings is 1. The molecule has 1 aromatic heterocycles. The van der Waals surface area contributed by atoms with Gasteiger partial charge in [-0.3, -0.25) is 10.2 Å². The lowest BCUT2D eigenvalue weighted by atomic mass is 10.2. The molecule has 2 rings (SSSR count). The van der Waals surface area contributed by atoms with Crippen molar-refractivity contribution >= 4 is 17.0 Å². The fraction of sp³-hybridized carbons (Fsp3) is 0.273. The predicted molar refractivity (Wildman–Crippen MR) is 60.9 cm³/mol. The lowest BCUT2D eigenvalue weighted by Gasteiger charge is -2.04. The van der Waals surface area contributed by atoms with Gasteiger partial charge in [-0.25, -0.2) is 10.4 Å². The Morgan fingerprint density at radius 2 is 2.41 bits per heavy atom. The molecule has 0 unspecified atom stereocenters. The molecular weight excluding hydrogens is 222 g/mol. The molecule has 0 aliphatic heterocycles. The van der Waals surface area contributed by atoms with Crippen molar-refractivity contribution in [3.63, 3.8) is 0 Å². The maximum Gasteiger partial charge on any atom is 0.260 e. The molecule has 0 spiro atoms. The molecule has 17 heavy (non-hydrogen) atoms. The molecule has 0 saturated carbocycles. The summed E-state index contributed by atoms with van der Waals surface area (Å²) in [7, 11) is 1.62. The van der Waals surface area contributed by atoms with Gasteiger partial charge in [0.05, 0.1) is 6.61 Å². The van der Waals surface area contributed by atoms with Crippen molar-refractivity contribution in [1.29, 1.82) is 0 Å². The molecule has 2 N–H and O–H groups in total. The van der Waals surface area contributed by atoms with Crippen LogP contribution in [0.5, 0.6) is 0 Å². The summed E-state index contributed by atoms with van der Waals surface area (Å²) in [4.78, 5) is 15.1. The zero-order valence-corrected chi connectivity index (χ0v) is 9.40. The second-order valence-corrected chi connectivity index (χ2v) is 3.45. The lowest BCUT2D eigenvalue weighted by molar-refractivity contribution is -0.126. The van der Waals surface area contributed by atoms with E-state index in [9.17, 15) is 4.79 Å². The molecule has 6 heteroatoms. The highest BCUT2D eigenvalue weighted by atomic mass is 16.5. The first kappa shape index (κ1) is 11.6. The molecule has 0 aliphatic rings. The number of amides is 1. The van der Waals surface area contributed by atoms with Crippen LogP contribution in [0.2, 0.25) is 0 Å². The standard InChI is InChI=1S/C11H13N3O3/c1-12-14-11(15)6-16-5-8-2-3-9-10(4-8)17-7-13-9/h2-4,7,12H,5-6H2,1H3,(H,14,15). The van der Waals surface area contributed by atoms with Crippen LogP contribution in [0.3, 0.4) is 0 Å². The van der Waals surface area contributed by atoms with Crippen molar-refractivity contribution in [3.8, 4) is 0 Å². The number of rotatable bonds is 5. The van der Waals surface area contributed by atoms with E-state index in [2.05, 4.69) is 15.8 Å². The van der Waals surface area contributed by atoms with Crippen LogP contribution >= 0.6 is 0 Å². The molecule has 0 bridgehead atoms. The highest BCUT2D eigenvalue weighted by Crippen LogP contribution is 2.14. The predicted octanol–water partition coefficient (Wildman–Crippen LogP) is 0.595. The normalized spacial score (nSPS) is 10.6. The average Bonchev–Trinajstić information content (AvgIpc) is 2.76. The van der Waals surface area contributed by atoms with Crippen molar-refractivity contribution in [1.82, 2.24) is 15.8 Å². The molecule has 0 saturated heterocycles. The zero-order chi connectivity index (χ0) is 12.1. The molecular formula is C11H13N3O3. The van der Waals surface area contributed by atoms with Crippen molar-refractivity contribution in [2.45, 2.75) is 6.61 Å². The van der Waals surface area contributed by atoms with Crippen LogP contribution in [0.1, 0.15) is 5.56 Å². The number of carbonyl (C=O) groups is 1. The Kier molecular flexibility index (Phi) is 3.69. The van der Waals surface area contributed by atoms with E-state index in [1.807, 2.05) is 18.2 Å². The molecule has 1 amide bonds. The van der Waals surface area contributed by atoms with Gasteiger partial charge in [0.1, 0.15) is 12.1 Å². The number of carbonyl (C=O) groups excluding carboxylic acids is 1. The summed E-state index contributed by atoms with van der Waals surface area (Å²) in [6.45, 7) is 0.364. The van der Waals surface area contributed by atoms with Gasteiger partial charge >= 0.3 is 0 Å². The summed E-state index contributed by atoms with van der Waals surface area (Å²) < 4.78 is 10.4. The van der Waals surface area contributed by atoms with Crippen molar-refractivity contribution in [2.75, 3.05) is 13.7 Å². The summed E-state index contributed by atoms with van der Waals surface area (Å²) in [5.41, 5.74) is 7.41. The van der Waals surface area contributed by atoms with E-state index in [-0.39, 0.29) is 12.5 Å². The van der Waals surface area contributed by atoms with Gasteiger partial charge in [-0.05, 0) is 17.7 Å². The van der Waals surface area contributed by atoms with E-state index < -0.39 is 0 Å². The second kappa shape index (κ2) is 5.42. The lowest BCUT2D eigenvalue weighted by Crippen LogP contribution is -2.36. The zero-order valence-electron chi connectivity index (χ0n) is 9.40. The Morgan fingerprint density at radius 3 is 3.24 bits per heavy atom. The van der Waals surface area contributed by atoms with Crippen molar-refractivity contribution in [2.24, 2.45) is 0 Å².